The first-order valence-electron chi connectivity index (χ1n) is 3.09. The normalized spacial score (nSPS) is 36.4. The summed E-state index contributed by atoms with van der Waals surface area (Å²) in [6, 6.07) is 0. The van der Waals surface area contributed by atoms with Gasteiger partial charge in [-0.25, -0.2) is 0 Å². The molecule has 2 heteroatoms. The van der Waals surface area contributed by atoms with E-state index in [0.717, 1.165) is 0 Å². The van der Waals surface area contributed by atoms with Crippen molar-refractivity contribution in [1.82, 2.24) is 5.32 Å². The Hall–Kier alpha value is -1.05. The van der Waals surface area contributed by atoms with E-state index >= 15 is 0 Å². The van der Waals surface area contributed by atoms with Crippen LogP contribution in [0, 0.1) is 5.92 Å². The third-order valence-corrected chi connectivity index (χ3v) is 1.62. The summed E-state index contributed by atoms with van der Waals surface area (Å²) in [7, 11) is 0. The molecule has 0 amide bonds. The van der Waals surface area contributed by atoms with Crippen LogP contribution in [0.5, 0.6) is 0 Å². The Bertz CT molecular complexity index is 191. The van der Waals surface area contributed by atoms with Crippen LogP contribution in [0.25, 0.3) is 0 Å². The van der Waals surface area contributed by atoms with Gasteiger partial charge < -0.3 is 5.32 Å². The minimum absolute atomic E-state index is 0.287. The van der Waals surface area contributed by atoms with Crippen molar-refractivity contribution in [3.8, 4) is 0 Å². The van der Waals surface area contributed by atoms with Crippen molar-refractivity contribution in [2.45, 2.75) is 6.17 Å². The Morgan fingerprint density at radius 3 is 3.22 bits per heavy atom. The van der Waals surface area contributed by atoms with E-state index in [1.54, 1.807) is 0 Å². The highest BCUT2D eigenvalue weighted by atomic mass is 15.1. The summed E-state index contributed by atoms with van der Waals surface area (Å²) in [5, 5.41) is 3.13. The van der Waals surface area contributed by atoms with Crippen molar-refractivity contribution in [2.24, 2.45) is 10.9 Å². The molecule has 0 aromatic rings. The molecule has 0 aromatic carbocycles. The molecule has 2 atom stereocenters. The molecular weight excluding hydrogens is 112 g/mol. The Kier molecular flexibility index (Phi) is 0.918. The van der Waals surface area contributed by atoms with E-state index in [9.17, 15) is 0 Å². The van der Waals surface area contributed by atoms with Gasteiger partial charge in [-0.1, -0.05) is 12.2 Å². The molecule has 9 heavy (non-hydrogen) atoms. The fourth-order valence-electron chi connectivity index (χ4n) is 1.11. The lowest BCUT2D eigenvalue weighted by Crippen LogP contribution is -2.24. The van der Waals surface area contributed by atoms with E-state index < -0.39 is 0 Å². The quantitative estimate of drug-likeness (QED) is 0.499. The maximum atomic E-state index is 4.21. The minimum Gasteiger partial charge on any atom is -0.369 e. The number of aliphatic imine (C=N–C) groups is 1. The van der Waals surface area contributed by atoms with Gasteiger partial charge in [-0.15, -0.1) is 0 Å². The maximum absolute atomic E-state index is 4.21. The van der Waals surface area contributed by atoms with Crippen LogP contribution in [0.4, 0.5) is 0 Å². The summed E-state index contributed by atoms with van der Waals surface area (Å²) < 4.78 is 0. The second kappa shape index (κ2) is 1.72. The molecule has 2 nitrogen and oxygen atoms in total. The monoisotopic (exact) mass is 120 g/mol. The van der Waals surface area contributed by atoms with Gasteiger partial charge in [0.15, 0.2) is 0 Å². The smallest absolute Gasteiger partial charge is 0.128 e. The Balaban J connectivity index is 2.25. The SMILES string of the molecule is C1=CC2C=CNC2N=C1. The molecule has 2 heterocycles. The third kappa shape index (κ3) is 0.669. The van der Waals surface area contributed by atoms with E-state index in [0.29, 0.717) is 5.92 Å². The Morgan fingerprint density at radius 2 is 2.33 bits per heavy atom. The lowest BCUT2D eigenvalue weighted by molar-refractivity contribution is 0.572. The summed E-state index contributed by atoms with van der Waals surface area (Å²) >= 11 is 0. The van der Waals surface area contributed by atoms with Gasteiger partial charge in [-0.3, -0.25) is 4.99 Å². The molecule has 46 valence electrons. The topological polar surface area (TPSA) is 24.4 Å². The predicted molar refractivity (Wildman–Crippen MR) is 37.2 cm³/mol. The highest BCUT2D eigenvalue weighted by molar-refractivity contribution is 5.72. The molecular formula is C7H8N2. The largest absolute Gasteiger partial charge is 0.369 e. The van der Waals surface area contributed by atoms with Gasteiger partial charge in [0.1, 0.15) is 6.17 Å². The molecule has 2 aliphatic rings. The number of nitrogens with one attached hydrogen (secondary N) is 1. The summed E-state index contributed by atoms with van der Waals surface area (Å²) in [6.07, 6.45) is 10.3. The number of allylic oxidation sites excluding steroid dienone is 1. The van der Waals surface area contributed by atoms with Crippen molar-refractivity contribution in [3.05, 3.63) is 24.4 Å². The van der Waals surface area contributed by atoms with Crippen molar-refractivity contribution >= 4 is 6.21 Å². The number of hydrogen-bond donors (Lipinski definition) is 1. The Morgan fingerprint density at radius 1 is 1.33 bits per heavy atom. The second-order valence-electron chi connectivity index (χ2n) is 2.23. The van der Waals surface area contributed by atoms with Gasteiger partial charge in [-0.2, -0.15) is 0 Å². The van der Waals surface area contributed by atoms with Crippen LogP contribution >= 0.6 is 0 Å². The molecule has 0 aliphatic carbocycles. The van der Waals surface area contributed by atoms with E-state index in [4.69, 9.17) is 0 Å². The molecule has 2 unspecified atom stereocenters. The average molecular weight is 120 g/mol. The lowest BCUT2D eigenvalue weighted by atomic mass is 10.1. The van der Waals surface area contributed by atoms with Crippen LogP contribution in [0.3, 0.4) is 0 Å². The van der Waals surface area contributed by atoms with Crippen molar-refractivity contribution in [2.75, 3.05) is 0 Å². The van der Waals surface area contributed by atoms with Gasteiger partial charge >= 0.3 is 0 Å². The third-order valence-electron chi connectivity index (χ3n) is 1.62. The molecule has 0 aromatic heterocycles. The first-order valence-corrected chi connectivity index (χ1v) is 3.09. The number of nitrogens with zero attached hydrogens (tertiary/aromatic N) is 1. The zero-order valence-electron chi connectivity index (χ0n) is 4.99. The summed E-state index contributed by atoms with van der Waals surface area (Å²) in [5.74, 6) is 0.495. The highest BCUT2D eigenvalue weighted by Gasteiger charge is 2.19. The standard InChI is InChI=1S/C7H8N2/c1-2-6-3-5-9-7(6)8-4-1/h1-7,9H. The summed E-state index contributed by atoms with van der Waals surface area (Å²) in [6.45, 7) is 0. The van der Waals surface area contributed by atoms with E-state index in [1.165, 1.54) is 0 Å². The molecule has 0 bridgehead atoms. The number of hydrogen-bond acceptors (Lipinski definition) is 2. The van der Waals surface area contributed by atoms with Crippen LogP contribution < -0.4 is 5.32 Å². The fourth-order valence-corrected chi connectivity index (χ4v) is 1.11. The number of fused-ring (bicyclic) bond motifs is 1. The zero-order chi connectivity index (χ0) is 6.10. The molecule has 0 spiro atoms. The van der Waals surface area contributed by atoms with Gasteiger partial charge in [0.05, 0.1) is 0 Å². The molecule has 1 N–H and O–H groups in total. The van der Waals surface area contributed by atoms with Crippen molar-refractivity contribution in [1.29, 1.82) is 0 Å². The van der Waals surface area contributed by atoms with Crippen molar-refractivity contribution < 1.29 is 0 Å². The van der Waals surface area contributed by atoms with Crippen LogP contribution in [-0.4, -0.2) is 12.4 Å². The summed E-state index contributed by atoms with van der Waals surface area (Å²) in [5.41, 5.74) is 0. The van der Waals surface area contributed by atoms with Gasteiger partial charge in [0, 0.05) is 12.1 Å². The first kappa shape index (κ1) is 4.79. The zero-order valence-corrected chi connectivity index (χ0v) is 4.99. The molecule has 0 radical (unpaired) electrons. The van der Waals surface area contributed by atoms with E-state index in [1.807, 2.05) is 18.5 Å². The van der Waals surface area contributed by atoms with Gasteiger partial charge in [0.25, 0.3) is 0 Å². The van der Waals surface area contributed by atoms with E-state index in [-0.39, 0.29) is 6.17 Å². The molecule has 2 aliphatic heterocycles. The maximum Gasteiger partial charge on any atom is 0.128 e. The van der Waals surface area contributed by atoms with Crippen LogP contribution in [0.15, 0.2) is 29.4 Å². The van der Waals surface area contributed by atoms with Gasteiger partial charge in [-0.05, 0) is 12.3 Å². The number of dihydropyridines is 1. The highest BCUT2D eigenvalue weighted by Crippen LogP contribution is 2.16. The first-order chi connectivity index (χ1) is 4.47. The van der Waals surface area contributed by atoms with E-state index in [2.05, 4.69) is 22.5 Å². The van der Waals surface area contributed by atoms with Crippen LogP contribution in [0.1, 0.15) is 0 Å². The lowest BCUT2D eigenvalue weighted by Gasteiger charge is -2.13. The fraction of sp³-hybridized carbons (Fsp3) is 0.286. The van der Waals surface area contributed by atoms with Crippen molar-refractivity contribution in [3.63, 3.8) is 0 Å². The summed E-state index contributed by atoms with van der Waals surface area (Å²) in [4.78, 5) is 4.21. The average Bonchev–Trinajstić information content (AvgIpc) is 2.33. The molecule has 2 rings (SSSR count). The number of rotatable bonds is 0. The van der Waals surface area contributed by atoms with Crippen LogP contribution in [0.2, 0.25) is 0 Å². The molecule has 0 fully saturated rings. The minimum atomic E-state index is 0.287. The Labute approximate surface area is 54.0 Å². The second-order valence-corrected chi connectivity index (χ2v) is 2.23. The predicted octanol–water partition coefficient (Wildman–Crippen LogP) is 0.686. The van der Waals surface area contributed by atoms with Crippen LogP contribution in [-0.2, 0) is 0 Å². The molecule has 0 saturated carbocycles. The van der Waals surface area contributed by atoms with Gasteiger partial charge in [0.2, 0.25) is 0 Å². The molecule has 0 saturated heterocycles.